The van der Waals surface area contributed by atoms with Crippen LogP contribution in [-0.4, -0.2) is 21.7 Å². The maximum absolute atomic E-state index is 14.4. The first-order valence-corrected chi connectivity index (χ1v) is 9.96. The summed E-state index contributed by atoms with van der Waals surface area (Å²) in [6, 6.07) is 11.0. The highest BCUT2D eigenvalue weighted by Crippen LogP contribution is 2.35. The van der Waals surface area contributed by atoms with E-state index in [2.05, 4.69) is 15.3 Å². The lowest BCUT2D eigenvalue weighted by Gasteiger charge is -2.30. The van der Waals surface area contributed by atoms with Crippen molar-refractivity contribution in [2.45, 2.75) is 39.5 Å². The highest BCUT2D eigenvalue weighted by molar-refractivity contribution is 5.75. The van der Waals surface area contributed by atoms with Gasteiger partial charge in [0.1, 0.15) is 23.5 Å². The number of hydrogen-bond donors (Lipinski definition) is 1. The number of rotatable bonds is 6. The minimum Gasteiger partial charge on any atom is -0.363 e. The fourth-order valence-corrected chi connectivity index (χ4v) is 3.18. The molecule has 33 heavy (non-hydrogen) atoms. The molecule has 5 nitrogen and oxygen atoms in total. The van der Waals surface area contributed by atoms with Crippen LogP contribution < -0.4 is 5.48 Å². The van der Waals surface area contributed by atoms with Crippen LogP contribution in [0.4, 0.5) is 22.0 Å². The predicted molar refractivity (Wildman–Crippen MR) is 111 cm³/mol. The summed E-state index contributed by atoms with van der Waals surface area (Å²) >= 11 is 0. The second-order valence-corrected chi connectivity index (χ2v) is 8.53. The Kier molecular flexibility index (Phi) is 6.87. The summed E-state index contributed by atoms with van der Waals surface area (Å²) in [5, 5.41) is 0. The SMILES string of the molecule is CC(C)(C)[C@@H](NOC(=O)C(F)(F)F)c1nc(-c2cc(F)ccc2F)cn1Cc1ccccc1. The Bertz CT molecular complexity index is 1120. The van der Waals surface area contributed by atoms with E-state index < -0.39 is 35.2 Å². The largest absolute Gasteiger partial charge is 0.492 e. The summed E-state index contributed by atoms with van der Waals surface area (Å²) in [5.41, 5.74) is 2.20. The first kappa shape index (κ1) is 24.4. The number of nitrogens with zero attached hydrogens (tertiary/aromatic N) is 2. The van der Waals surface area contributed by atoms with Crippen molar-refractivity contribution in [2.24, 2.45) is 5.41 Å². The number of halogens is 5. The van der Waals surface area contributed by atoms with Gasteiger partial charge in [0.25, 0.3) is 0 Å². The van der Waals surface area contributed by atoms with Crippen molar-refractivity contribution in [3.8, 4) is 11.3 Å². The number of alkyl halides is 3. The third-order valence-corrected chi connectivity index (χ3v) is 4.83. The molecule has 1 atom stereocenters. The summed E-state index contributed by atoms with van der Waals surface area (Å²) in [6.45, 7) is 5.35. The third kappa shape index (κ3) is 5.95. The normalized spacial score (nSPS) is 13.1. The van der Waals surface area contributed by atoms with Crippen LogP contribution in [0.3, 0.4) is 0 Å². The lowest BCUT2D eigenvalue weighted by atomic mass is 9.86. The Morgan fingerprint density at radius 1 is 1.09 bits per heavy atom. The minimum atomic E-state index is -5.19. The average molecular weight is 467 g/mol. The first-order valence-electron chi connectivity index (χ1n) is 9.96. The molecule has 2 aromatic carbocycles. The molecular formula is C23H22F5N3O2. The number of hydrogen-bond acceptors (Lipinski definition) is 4. The molecule has 0 aliphatic heterocycles. The molecule has 0 amide bonds. The molecule has 3 rings (SSSR count). The van der Waals surface area contributed by atoms with Crippen molar-refractivity contribution in [1.82, 2.24) is 15.0 Å². The summed E-state index contributed by atoms with van der Waals surface area (Å²) in [6.07, 6.45) is -3.71. The molecule has 0 radical (unpaired) electrons. The van der Waals surface area contributed by atoms with E-state index in [0.29, 0.717) is 0 Å². The fraction of sp³-hybridized carbons (Fsp3) is 0.304. The van der Waals surface area contributed by atoms with E-state index in [0.717, 1.165) is 23.8 Å². The molecule has 0 fully saturated rings. The van der Waals surface area contributed by atoms with Crippen molar-refractivity contribution < 1.29 is 31.6 Å². The minimum absolute atomic E-state index is 0.0797. The monoisotopic (exact) mass is 467 g/mol. The zero-order valence-corrected chi connectivity index (χ0v) is 18.1. The van der Waals surface area contributed by atoms with Crippen molar-refractivity contribution >= 4 is 5.97 Å². The van der Waals surface area contributed by atoms with Gasteiger partial charge in [0, 0.05) is 18.3 Å². The number of benzene rings is 2. The van der Waals surface area contributed by atoms with Gasteiger partial charge < -0.3 is 9.40 Å². The van der Waals surface area contributed by atoms with E-state index in [1.165, 1.54) is 6.20 Å². The molecule has 3 aromatic rings. The number of aromatic nitrogens is 2. The van der Waals surface area contributed by atoms with Gasteiger partial charge in [-0.25, -0.2) is 18.6 Å². The van der Waals surface area contributed by atoms with Gasteiger partial charge >= 0.3 is 12.1 Å². The lowest BCUT2D eigenvalue weighted by molar-refractivity contribution is -0.210. The second-order valence-electron chi connectivity index (χ2n) is 8.53. The van der Waals surface area contributed by atoms with Gasteiger partial charge in [-0.15, -0.1) is 5.48 Å². The van der Waals surface area contributed by atoms with E-state index >= 15 is 0 Å². The van der Waals surface area contributed by atoms with Crippen LogP contribution in [0.15, 0.2) is 54.7 Å². The smallest absolute Gasteiger partial charge is 0.363 e. The van der Waals surface area contributed by atoms with Crippen LogP contribution >= 0.6 is 0 Å². The van der Waals surface area contributed by atoms with Crippen molar-refractivity contribution in [1.29, 1.82) is 0 Å². The van der Waals surface area contributed by atoms with Crippen LogP contribution in [0.25, 0.3) is 11.3 Å². The summed E-state index contributed by atoms with van der Waals surface area (Å²) in [5.74, 6) is -3.61. The fourth-order valence-electron chi connectivity index (χ4n) is 3.18. The molecule has 0 aliphatic rings. The van der Waals surface area contributed by atoms with Crippen molar-refractivity contribution in [3.63, 3.8) is 0 Å². The molecule has 0 saturated carbocycles. The average Bonchev–Trinajstić information content (AvgIpc) is 3.12. The van der Waals surface area contributed by atoms with Gasteiger partial charge in [-0.1, -0.05) is 51.1 Å². The van der Waals surface area contributed by atoms with Crippen LogP contribution in [0.2, 0.25) is 0 Å². The molecular weight excluding hydrogens is 445 g/mol. The molecule has 176 valence electrons. The van der Waals surface area contributed by atoms with E-state index in [4.69, 9.17) is 0 Å². The third-order valence-electron chi connectivity index (χ3n) is 4.83. The zero-order chi connectivity index (χ0) is 24.4. The highest BCUT2D eigenvalue weighted by atomic mass is 19.4. The molecule has 0 unspecified atom stereocenters. The van der Waals surface area contributed by atoms with Gasteiger partial charge in [0.15, 0.2) is 0 Å². The van der Waals surface area contributed by atoms with Crippen LogP contribution in [0.5, 0.6) is 0 Å². The first-order chi connectivity index (χ1) is 15.4. The molecule has 1 aromatic heterocycles. The maximum atomic E-state index is 14.4. The van der Waals surface area contributed by atoms with Gasteiger partial charge in [-0.05, 0) is 29.2 Å². The van der Waals surface area contributed by atoms with Crippen LogP contribution in [0, 0.1) is 17.0 Å². The lowest BCUT2D eigenvalue weighted by Crippen LogP contribution is -2.39. The number of carbonyl (C=O) groups is 1. The molecule has 10 heteroatoms. The zero-order valence-electron chi connectivity index (χ0n) is 18.1. The summed E-state index contributed by atoms with van der Waals surface area (Å²) in [4.78, 5) is 20.0. The molecule has 0 bridgehead atoms. The van der Waals surface area contributed by atoms with Gasteiger partial charge in [0.05, 0.1) is 5.69 Å². The summed E-state index contributed by atoms with van der Waals surface area (Å²) in [7, 11) is 0. The van der Waals surface area contributed by atoms with Crippen molar-refractivity contribution in [3.05, 3.63) is 77.8 Å². The number of carbonyl (C=O) groups excluding carboxylic acids is 1. The van der Waals surface area contributed by atoms with Crippen LogP contribution in [0.1, 0.15) is 38.2 Å². The highest BCUT2D eigenvalue weighted by Gasteiger charge is 2.43. The molecule has 0 aliphatic carbocycles. The maximum Gasteiger partial charge on any atom is 0.492 e. The Hall–Kier alpha value is -3.27. The Morgan fingerprint density at radius 3 is 2.36 bits per heavy atom. The van der Waals surface area contributed by atoms with E-state index in [-0.39, 0.29) is 23.6 Å². The molecule has 1 heterocycles. The van der Waals surface area contributed by atoms with Crippen LogP contribution in [-0.2, 0) is 16.2 Å². The molecule has 1 N–H and O–H groups in total. The summed E-state index contributed by atoms with van der Waals surface area (Å²) < 4.78 is 67.8. The van der Waals surface area contributed by atoms with E-state index in [1.54, 1.807) is 25.3 Å². The predicted octanol–water partition coefficient (Wildman–Crippen LogP) is 5.57. The van der Waals surface area contributed by atoms with E-state index in [9.17, 15) is 26.7 Å². The van der Waals surface area contributed by atoms with Gasteiger partial charge in [0.2, 0.25) is 0 Å². The van der Waals surface area contributed by atoms with Crippen molar-refractivity contribution in [2.75, 3.05) is 0 Å². The standard InChI is InChI=1S/C23H22F5N3O2/c1-22(2,3)19(30-33-21(32)23(26,27)28)20-29-18(16-11-15(24)9-10-17(16)25)13-31(20)12-14-7-5-4-6-8-14/h4-11,13,19,30H,12H2,1-3H3/t19-/m0/s1. The number of imidazole rings is 1. The number of nitrogens with one attached hydrogen (secondary N) is 1. The Balaban J connectivity index is 2.08. The molecule has 0 spiro atoms. The quantitative estimate of drug-likeness (QED) is 0.380. The van der Waals surface area contributed by atoms with Gasteiger partial charge in [-0.3, -0.25) is 0 Å². The Labute approximate surface area is 187 Å². The molecule has 0 saturated heterocycles. The Morgan fingerprint density at radius 2 is 1.76 bits per heavy atom. The van der Waals surface area contributed by atoms with Gasteiger partial charge in [-0.2, -0.15) is 13.2 Å². The topological polar surface area (TPSA) is 56.1 Å². The number of hydroxylamine groups is 1. The van der Waals surface area contributed by atoms with E-state index in [1.807, 2.05) is 30.3 Å². The second kappa shape index (κ2) is 9.30.